The van der Waals surface area contributed by atoms with Crippen LogP contribution in [0.2, 0.25) is 0 Å². The molecule has 134 valence electrons. The Morgan fingerprint density at radius 1 is 1.28 bits per heavy atom. The molecule has 25 heavy (non-hydrogen) atoms. The summed E-state index contributed by atoms with van der Waals surface area (Å²) in [6.45, 7) is 5.96. The van der Waals surface area contributed by atoms with E-state index in [2.05, 4.69) is 34.4 Å². The molecule has 1 saturated heterocycles. The summed E-state index contributed by atoms with van der Waals surface area (Å²) >= 11 is 0. The first-order chi connectivity index (χ1) is 12.2. The molecule has 1 amide bonds. The first-order valence-corrected chi connectivity index (χ1v) is 9.31. The van der Waals surface area contributed by atoms with Crippen molar-refractivity contribution in [1.82, 2.24) is 20.0 Å². The molecule has 0 saturated carbocycles. The van der Waals surface area contributed by atoms with Crippen molar-refractivity contribution in [2.45, 2.75) is 45.2 Å². The van der Waals surface area contributed by atoms with E-state index in [0.717, 1.165) is 13.0 Å². The number of nitrogens with zero attached hydrogens (tertiary/aromatic N) is 3. The van der Waals surface area contributed by atoms with Crippen LogP contribution in [-0.4, -0.2) is 46.3 Å². The van der Waals surface area contributed by atoms with Gasteiger partial charge in [-0.05, 0) is 38.3 Å². The molecule has 2 aromatic rings. The monoisotopic (exact) mass is 340 g/mol. The summed E-state index contributed by atoms with van der Waals surface area (Å²) in [5.41, 5.74) is 1.80. The summed E-state index contributed by atoms with van der Waals surface area (Å²) in [4.78, 5) is 14.8. The minimum absolute atomic E-state index is 0.0361. The first-order valence-electron chi connectivity index (χ1n) is 9.31. The molecule has 0 spiro atoms. The Morgan fingerprint density at radius 2 is 2.12 bits per heavy atom. The Kier molecular flexibility index (Phi) is 6.23. The third-order valence-electron chi connectivity index (χ3n) is 4.93. The molecule has 1 aliphatic heterocycles. The molecular weight excluding hydrogens is 312 g/mol. The van der Waals surface area contributed by atoms with Gasteiger partial charge in [-0.1, -0.05) is 36.8 Å². The number of carbonyl (C=O) groups is 1. The summed E-state index contributed by atoms with van der Waals surface area (Å²) in [7, 11) is 0. The fourth-order valence-corrected chi connectivity index (χ4v) is 3.41. The van der Waals surface area contributed by atoms with Crippen LogP contribution < -0.4 is 5.32 Å². The van der Waals surface area contributed by atoms with Crippen LogP contribution >= 0.6 is 0 Å². The summed E-state index contributed by atoms with van der Waals surface area (Å²) in [6.07, 6.45) is 8.40. The molecule has 3 rings (SSSR count). The molecule has 0 radical (unpaired) electrons. The average molecular weight is 340 g/mol. The highest BCUT2D eigenvalue weighted by atomic mass is 16.1. The number of amides is 1. The molecule has 2 heterocycles. The minimum Gasteiger partial charge on any atom is -0.352 e. The summed E-state index contributed by atoms with van der Waals surface area (Å²) in [5, 5.41) is 7.30. The Balaban J connectivity index is 1.41. The van der Waals surface area contributed by atoms with Crippen LogP contribution in [0.25, 0.3) is 0 Å². The second kappa shape index (κ2) is 8.81. The number of benzene rings is 1. The number of hydrogen-bond donors (Lipinski definition) is 1. The molecule has 1 aromatic heterocycles. The number of carbonyl (C=O) groups excluding carboxylic acids is 1. The lowest BCUT2D eigenvalue weighted by Gasteiger charge is -2.33. The lowest BCUT2D eigenvalue weighted by atomic mass is 10.0. The minimum atomic E-state index is -0.0361. The standard InChI is InChI=1S/C20H28N4O/c1-17-8-5-6-12-23(17)13-7-11-21-20(25)19-14-22-24(16-19)15-18-9-3-2-4-10-18/h2-4,9-10,14,16-17H,5-8,11-13,15H2,1H3,(H,21,25)/t17-/m1/s1. The molecule has 1 aromatic carbocycles. The Labute approximate surface area is 150 Å². The zero-order valence-corrected chi connectivity index (χ0v) is 15.0. The van der Waals surface area contributed by atoms with Crippen molar-refractivity contribution < 1.29 is 4.79 Å². The van der Waals surface area contributed by atoms with Gasteiger partial charge in [0.15, 0.2) is 0 Å². The lowest BCUT2D eigenvalue weighted by molar-refractivity contribution is 0.0949. The van der Waals surface area contributed by atoms with Gasteiger partial charge in [-0.2, -0.15) is 5.10 Å². The van der Waals surface area contributed by atoms with Crippen molar-refractivity contribution in [3.05, 3.63) is 53.9 Å². The molecule has 1 fully saturated rings. The van der Waals surface area contributed by atoms with Crippen molar-refractivity contribution >= 4 is 5.91 Å². The molecule has 5 nitrogen and oxygen atoms in total. The Morgan fingerprint density at radius 3 is 2.92 bits per heavy atom. The fraction of sp³-hybridized carbons (Fsp3) is 0.500. The average Bonchev–Trinajstić information content (AvgIpc) is 3.09. The van der Waals surface area contributed by atoms with Gasteiger partial charge in [0, 0.05) is 25.3 Å². The predicted octanol–water partition coefficient (Wildman–Crippen LogP) is 2.93. The third kappa shape index (κ3) is 5.16. The van der Waals surface area contributed by atoms with E-state index in [-0.39, 0.29) is 5.91 Å². The zero-order valence-electron chi connectivity index (χ0n) is 15.0. The van der Waals surface area contributed by atoms with E-state index < -0.39 is 0 Å². The van der Waals surface area contributed by atoms with Gasteiger partial charge in [-0.15, -0.1) is 0 Å². The molecule has 1 aliphatic rings. The fourth-order valence-electron chi connectivity index (χ4n) is 3.41. The van der Waals surface area contributed by atoms with Crippen molar-refractivity contribution in [1.29, 1.82) is 0 Å². The summed E-state index contributed by atoms with van der Waals surface area (Å²) in [6, 6.07) is 10.8. The SMILES string of the molecule is C[C@@H]1CCCCN1CCCNC(=O)c1cnn(Cc2ccccc2)c1. The van der Waals surface area contributed by atoms with Crippen LogP contribution in [0.5, 0.6) is 0 Å². The topological polar surface area (TPSA) is 50.2 Å². The van der Waals surface area contributed by atoms with Gasteiger partial charge in [-0.25, -0.2) is 0 Å². The summed E-state index contributed by atoms with van der Waals surface area (Å²) in [5.74, 6) is -0.0361. The van der Waals surface area contributed by atoms with Gasteiger partial charge >= 0.3 is 0 Å². The maximum absolute atomic E-state index is 12.2. The highest BCUT2D eigenvalue weighted by molar-refractivity contribution is 5.93. The van der Waals surface area contributed by atoms with Crippen molar-refractivity contribution in [3.8, 4) is 0 Å². The van der Waals surface area contributed by atoms with Crippen LogP contribution in [0.1, 0.15) is 48.5 Å². The van der Waals surface area contributed by atoms with Crippen molar-refractivity contribution in [3.63, 3.8) is 0 Å². The normalized spacial score (nSPS) is 18.2. The van der Waals surface area contributed by atoms with Crippen molar-refractivity contribution in [2.24, 2.45) is 0 Å². The van der Waals surface area contributed by atoms with Gasteiger partial charge < -0.3 is 10.2 Å². The molecule has 0 aliphatic carbocycles. The van der Waals surface area contributed by atoms with Crippen LogP contribution in [-0.2, 0) is 6.54 Å². The van der Waals surface area contributed by atoms with Gasteiger partial charge in [0.05, 0.1) is 18.3 Å². The van der Waals surface area contributed by atoms with Crippen molar-refractivity contribution in [2.75, 3.05) is 19.6 Å². The van der Waals surface area contributed by atoms with Crippen LogP contribution in [0.3, 0.4) is 0 Å². The zero-order chi connectivity index (χ0) is 17.5. The van der Waals surface area contributed by atoms with Gasteiger partial charge in [0.1, 0.15) is 0 Å². The van der Waals surface area contributed by atoms with Gasteiger partial charge in [-0.3, -0.25) is 9.48 Å². The highest BCUT2D eigenvalue weighted by Gasteiger charge is 2.17. The smallest absolute Gasteiger partial charge is 0.254 e. The number of aromatic nitrogens is 2. The second-order valence-electron chi connectivity index (χ2n) is 6.90. The number of nitrogens with one attached hydrogen (secondary N) is 1. The van der Waals surface area contributed by atoms with Gasteiger partial charge in [0.25, 0.3) is 5.91 Å². The molecule has 0 unspecified atom stereocenters. The van der Waals surface area contributed by atoms with E-state index in [1.807, 2.05) is 24.4 Å². The number of likely N-dealkylation sites (tertiary alicyclic amines) is 1. The number of piperidine rings is 1. The van der Waals surface area contributed by atoms with Crippen LogP contribution in [0.4, 0.5) is 0 Å². The van der Waals surface area contributed by atoms with E-state index >= 15 is 0 Å². The molecule has 5 heteroatoms. The maximum atomic E-state index is 12.2. The molecule has 1 N–H and O–H groups in total. The van der Waals surface area contributed by atoms with Crippen LogP contribution in [0.15, 0.2) is 42.7 Å². The van der Waals surface area contributed by atoms with E-state index in [0.29, 0.717) is 24.7 Å². The first kappa shape index (κ1) is 17.7. The predicted molar refractivity (Wildman–Crippen MR) is 99.6 cm³/mol. The highest BCUT2D eigenvalue weighted by Crippen LogP contribution is 2.16. The summed E-state index contributed by atoms with van der Waals surface area (Å²) < 4.78 is 1.81. The van der Waals surface area contributed by atoms with E-state index in [1.54, 1.807) is 10.9 Å². The molecule has 0 bridgehead atoms. The quantitative estimate of drug-likeness (QED) is 0.789. The number of hydrogen-bond acceptors (Lipinski definition) is 3. The molecular formula is C20H28N4O. The van der Waals surface area contributed by atoms with E-state index in [9.17, 15) is 4.79 Å². The number of rotatable bonds is 7. The molecule has 1 atom stereocenters. The largest absolute Gasteiger partial charge is 0.352 e. The third-order valence-corrected chi connectivity index (χ3v) is 4.93. The Bertz CT molecular complexity index is 667. The maximum Gasteiger partial charge on any atom is 0.254 e. The van der Waals surface area contributed by atoms with Gasteiger partial charge in [0.2, 0.25) is 0 Å². The second-order valence-corrected chi connectivity index (χ2v) is 6.90. The lowest BCUT2D eigenvalue weighted by Crippen LogP contribution is -2.39. The van der Waals surface area contributed by atoms with Crippen LogP contribution in [0, 0.1) is 0 Å². The van der Waals surface area contributed by atoms with E-state index in [4.69, 9.17) is 0 Å². The van der Waals surface area contributed by atoms with E-state index in [1.165, 1.54) is 31.4 Å². The Hall–Kier alpha value is -2.14.